The van der Waals surface area contributed by atoms with E-state index < -0.39 is 0 Å². The highest BCUT2D eigenvalue weighted by Gasteiger charge is 2.31. The molecule has 5 nitrogen and oxygen atoms in total. The number of nitrogens with zero attached hydrogens (tertiary/aromatic N) is 1. The van der Waals surface area contributed by atoms with Crippen LogP contribution in [-0.4, -0.2) is 37.4 Å². The summed E-state index contributed by atoms with van der Waals surface area (Å²) in [6.45, 7) is 0.702. The summed E-state index contributed by atoms with van der Waals surface area (Å²) in [7, 11) is 3.25. The number of methoxy groups -OCH3 is 2. The summed E-state index contributed by atoms with van der Waals surface area (Å²) in [6, 6.07) is 15.1. The lowest BCUT2D eigenvalue weighted by Gasteiger charge is -2.25. The monoisotopic (exact) mass is 344 g/mol. The number of hydrogen-bond donors (Lipinski definition) is 1. The molecule has 1 heterocycles. The Bertz CT molecular complexity index is 686. The summed E-state index contributed by atoms with van der Waals surface area (Å²) >= 11 is 1.73. The molecule has 0 radical (unpaired) electrons. The molecule has 0 aliphatic carbocycles. The number of urea groups is 1. The number of carbonyl (C=O) groups excluding carboxylic acids is 1. The minimum atomic E-state index is -0.0991. The lowest BCUT2D eigenvalue weighted by Crippen LogP contribution is -2.34. The third-order valence-corrected chi connectivity index (χ3v) is 5.10. The van der Waals surface area contributed by atoms with Crippen molar-refractivity contribution in [3.05, 3.63) is 54.1 Å². The second kappa shape index (κ2) is 7.49. The van der Waals surface area contributed by atoms with Gasteiger partial charge in [-0.1, -0.05) is 18.2 Å². The molecule has 1 N–H and O–H groups in total. The van der Waals surface area contributed by atoms with E-state index in [0.29, 0.717) is 6.54 Å². The summed E-state index contributed by atoms with van der Waals surface area (Å²) < 4.78 is 10.7. The maximum absolute atomic E-state index is 12.6. The number of thioether (sulfide) groups is 1. The Balaban J connectivity index is 1.81. The van der Waals surface area contributed by atoms with Gasteiger partial charge in [0.15, 0.2) is 0 Å². The van der Waals surface area contributed by atoms with E-state index >= 15 is 0 Å². The van der Waals surface area contributed by atoms with Crippen LogP contribution < -0.4 is 14.8 Å². The van der Waals surface area contributed by atoms with Gasteiger partial charge in [0.1, 0.15) is 16.9 Å². The molecule has 2 aromatic carbocycles. The molecule has 1 atom stereocenters. The van der Waals surface area contributed by atoms with Crippen LogP contribution in [0.4, 0.5) is 10.5 Å². The van der Waals surface area contributed by atoms with E-state index in [1.54, 1.807) is 26.0 Å². The maximum Gasteiger partial charge on any atom is 0.323 e. The number of nitrogens with one attached hydrogen (secondary N) is 1. The Hall–Kier alpha value is -2.34. The van der Waals surface area contributed by atoms with Gasteiger partial charge >= 0.3 is 6.03 Å². The fourth-order valence-electron chi connectivity index (χ4n) is 2.64. The number of para-hydroxylation sites is 1. The first-order chi connectivity index (χ1) is 11.7. The highest BCUT2D eigenvalue weighted by Crippen LogP contribution is 2.40. The Morgan fingerprint density at radius 3 is 2.42 bits per heavy atom. The minimum absolute atomic E-state index is 0.0577. The normalized spacial score (nSPS) is 16.8. The van der Waals surface area contributed by atoms with E-state index in [-0.39, 0.29) is 11.4 Å². The Labute approximate surface area is 145 Å². The summed E-state index contributed by atoms with van der Waals surface area (Å²) in [5, 5.41) is 2.89. The lowest BCUT2D eigenvalue weighted by atomic mass is 10.2. The fourth-order valence-corrected chi connectivity index (χ4v) is 3.88. The average molecular weight is 344 g/mol. The van der Waals surface area contributed by atoms with E-state index in [9.17, 15) is 4.79 Å². The minimum Gasteiger partial charge on any atom is -0.497 e. The summed E-state index contributed by atoms with van der Waals surface area (Å²) in [6.07, 6.45) is 0. The van der Waals surface area contributed by atoms with Gasteiger partial charge in [-0.25, -0.2) is 4.79 Å². The van der Waals surface area contributed by atoms with Gasteiger partial charge in [0.25, 0.3) is 0 Å². The number of amides is 2. The number of hydrogen-bond acceptors (Lipinski definition) is 4. The molecule has 1 aliphatic heterocycles. The molecular formula is C18H20N2O3S. The highest BCUT2D eigenvalue weighted by atomic mass is 32.2. The first-order valence-electron chi connectivity index (χ1n) is 7.68. The number of anilines is 1. The lowest BCUT2D eigenvalue weighted by molar-refractivity contribution is 0.214. The molecular weight excluding hydrogens is 324 g/mol. The predicted octanol–water partition coefficient (Wildman–Crippen LogP) is 3.98. The van der Waals surface area contributed by atoms with Crippen molar-refractivity contribution in [3.8, 4) is 11.5 Å². The topological polar surface area (TPSA) is 50.8 Å². The second-order valence-electron chi connectivity index (χ2n) is 5.36. The molecule has 0 bridgehead atoms. The van der Waals surface area contributed by atoms with Gasteiger partial charge in [-0.15, -0.1) is 11.8 Å². The van der Waals surface area contributed by atoms with Gasteiger partial charge in [-0.05, 0) is 29.8 Å². The zero-order valence-corrected chi connectivity index (χ0v) is 14.5. The number of benzene rings is 2. The van der Waals surface area contributed by atoms with Crippen molar-refractivity contribution in [3.63, 3.8) is 0 Å². The summed E-state index contributed by atoms with van der Waals surface area (Å²) in [5.74, 6) is 2.34. The number of rotatable bonds is 4. The molecule has 0 aromatic heterocycles. The summed E-state index contributed by atoms with van der Waals surface area (Å²) in [5.41, 5.74) is 1.79. The second-order valence-corrected chi connectivity index (χ2v) is 6.55. The van der Waals surface area contributed by atoms with E-state index in [0.717, 1.165) is 28.5 Å². The van der Waals surface area contributed by atoms with Crippen LogP contribution in [0.2, 0.25) is 0 Å². The molecule has 126 valence electrons. The number of ether oxygens (including phenoxy) is 2. The van der Waals surface area contributed by atoms with E-state index in [2.05, 4.69) is 5.32 Å². The largest absolute Gasteiger partial charge is 0.497 e. The average Bonchev–Trinajstić information content (AvgIpc) is 3.12. The molecule has 2 amide bonds. The van der Waals surface area contributed by atoms with Crippen LogP contribution in [0.15, 0.2) is 48.5 Å². The van der Waals surface area contributed by atoms with Crippen molar-refractivity contribution in [1.29, 1.82) is 0 Å². The highest BCUT2D eigenvalue weighted by molar-refractivity contribution is 7.99. The molecule has 0 spiro atoms. The zero-order chi connectivity index (χ0) is 16.9. The van der Waals surface area contributed by atoms with Gasteiger partial charge in [0, 0.05) is 24.1 Å². The molecule has 1 fully saturated rings. The van der Waals surface area contributed by atoms with Crippen LogP contribution in [0.3, 0.4) is 0 Å². The van der Waals surface area contributed by atoms with Crippen LogP contribution in [0, 0.1) is 0 Å². The summed E-state index contributed by atoms with van der Waals surface area (Å²) in [4.78, 5) is 14.5. The Morgan fingerprint density at radius 2 is 1.79 bits per heavy atom. The predicted molar refractivity (Wildman–Crippen MR) is 96.9 cm³/mol. The smallest absolute Gasteiger partial charge is 0.323 e. The van der Waals surface area contributed by atoms with Crippen molar-refractivity contribution < 1.29 is 14.3 Å². The zero-order valence-electron chi connectivity index (χ0n) is 13.7. The molecule has 1 saturated heterocycles. The Kier molecular flexibility index (Phi) is 5.15. The first kappa shape index (κ1) is 16.5. The first-order valence-corrected chi connectivity index (χ1v) is 8.73. The van der Waals surface area contributed by atoms with Crippen LogP contribution in [0.25, 0.3) is 0 Å². The van der Waals surface area contributed by atoms with Crippen molar-refractivity contribution in [2.75, 3.05) is 31.8 Å². The van der Waals surface area contributed by atoms with Gasteiger partial charge in [0.05, 0.1) is 14.2 Å². The molecule has 2 aromatic rings. The van der Waals surface area contributed by atoms with Gasteiger partial charge in [-0.2, -0.15) is 0 Å². The van der Waals surface area contributed by atoms with Crippen molar-refractivity contribution in [2.24, 2.45) is 0 Å². The third kappa shape index (κ3) is 3.59. The van der Waals surface area contributed by atoms with Crippen LogP contribution in [0.1, 0.15) is 10.9 Å². The third-order valence-electron chi connectivity index (χ3n) is 3.84. The van der Waals surface area contributed by atoms with Crippen LogP contribution >= 0.6 is 11.8 Å². The van der Waals surface area contributed by atoms with Gasteiger partial charge in [0.2, 0.25) is 0 Å². The maximum atomic E-state index is 12.6. The standard InChI is InChI=1S/C18H20N2O3S/c1-22-15-10-13(11-16(12-15)23-2)17-20(8-9-24-17)18(21)19-14-6-4-3-5-7-14/h3-7,10-12,17H,8-9H2,1-2H3,(H,19,21)/t17-/m0/s1. The molecule has 0 unspecified atom stereocenters. The molecule has 6 heteroatoms. The molecule has 24 heavy (non-hydrogen) atoms. The van der Waals surface area contributed by atoms with Crippen LogP contribution in [-0.2, 0) is 0 Å². The quantitative estimate of drug-likeness (QED) is 0.911. The SMILES string of the molecule is COc1cc(OC)cc([C@@H]2SCCN2C(=O)Nc2ccccc2)c1. The van der Waals surface area contributed by atoms with E-state index in [4.69, 9.17) is 9.47 Å². The van der Waals surface area contributed by atoms with Gasteiger partial charge < -0.3 is 19.7 Å². The van der Waals surface area contributed by atoms with Gasteiger partial charge in [-0.3, -0.25) is 0 Å². The van der Waals surface area contributed by atoms with Crippen molar-refractivity contribution >= 4 is 23.5 Å². The van der Waals surface area contributed by atoms with Crippen molar-refractivity contribution in [1.82, 2.24) is 4.90 Å². The Morgan fingerprint density at radius 1 is 1.12 bits per heavy atom. The van der Waals surface area contributed by atoms with E-state index in [1.165, 1.54) is 0 Å². The number of carbonyl (C=O) groups is 1. The molecule has 3 rings (SSSR count). The fraction of sp³-hybridized carbons (Fsp3) is 0.278. The van der Waals surface area contributed by atoms with E-state index in [1.807, 2.05) is 53.4 Å². The molecule has 0 saturated carbocycles. The van der Waals surface area contributed by atoms with Crippen molar-refractivity contribution in [2.45, 2.75) is 5.37 Å². The molecule has 1 aliphatic rings. The van der Waals surface area contributed by atoms with Crippen LogP contribution in [0.5, 0.6) is 11.5 Å².